The summed E-state index contributed by atoms with van der Waals surface area (Å²) in [6.07, 6.45) is 4.38. The van der Waals surface area contributed by atoms with Gasteiger partial charge in [0.05, 0.1) is 19.5 Å². The van der Waals surface area contributed by atoms with Gasteiger partial charge < -0.3 is 23.8 Å². The van der Waals surface area contributed by atoms with E-state index in [1.807, 2.05) is 30.1 Å². The topological polar surface area (TPSA) is 59.8 Å². The van der Waals surface area contributed by atoms with Crippen LogP contribution in [-0.4, -0.2) is 78.3 Å². The molecule has 1 saturated heterocycles. The summed E-state index contributed by atoms with van der Waals surface area (Å²) < 4.78 is 13.5. The van der Waals surface area contributed by atoms with Crippen LogP contribution in [0, 0.1) is 5.92 Å². The summed E-state index contributed by atoms with van der Waals surface area (Å²) in [7, 11) is 3.96. The van der Waals surface area contributed by atoms with Gasteiger partial charge in [-0.2, -0.15) is 0 Å². The molecule has 1 aromatic carbocycles. The van der Waals surface area contributed by atoms with Gasteiger partial charge in [0.1, 0.15) is 18.1 Å². The first kappa shape index (κ1) is 21.3. The number of carbonyl (C=O) groups is 1. The van der Waals surface area contributed by atoms with E-state index in [1.165, 1.54) is 5.56 Å². The van der Waals surface area contributed by atoms with Crippen LogP contribution in [0.5, 0.6) is 5.75 Å². The molecule has 2 heterocycles. The van der Waals surface area contributed by atoms with Crippen molar-refractivity contribution in [1.82, 2.24) is 19.4 Å². The highest BCUT2D eigenvalue weighted by Crippen LogP contribution is 2.18. The molecule has 7 heteroatoms. The van der Waals surface area contributed by atoms with E-state index >= 15 is 0 Å². The summed E-state index contributed by atoms with van der Waals surface area (Å²) in [5.41, 5.74) is 1.72. The number of amides is 1. The Bertz CT molecular complexity index is 792. The number of hydrogen-bond donors (Lipinski definition) is 0. The molecule has 1 fully saturated rings. The average molecular weight is 401 g/mol. The highest BCUT2D eigenvalue weighted by molar-refractivity contribution is 5.92. The van der Waals surface area contributed by atoms with Crippen LogP contribution in [0.4, 0.5) is 0 Å². The maximum Gasteiger partial charge on any atom is 0.274 e. The minimum absolute atomic E-state index is 0.0248. The monoisotopic (exact) mass is 400 g/mol. The van der Waals surface area contributed by atoms with Crippen molar-refractivity contribution in [3.63, 3.8) is 0 Å². The number of rotatable bonds is 8. The van der Waals surface area contributed by atoms with Crippen molar-refractivity contribution in [3.05, 3.63) is 48.0 Å². The van der Waals surface area contributed by atoms with Crippen molar-refractivity contribution < 1.29 is 14.3 Å². The fourth-order valence-corrected chi connectivity index (χ4v) is 3.64. The Kier molecular flexibility index (Phi) is 7.66. The van der Waals surface area contributed by atoms with E-state index in [0.717, 1.165) is 25.3 Å². The first-order chi connectivity index (χ1) is 14.1. The molecular weight excluding hydrogens is 368 g/mol. The molecule has 158 valence electrons. The van der Waals surface area contributed by atoms with E-state index in [2.05, 4.69) is 29.9 Å². The predicted molar refractivity (Wildman–Crippen MR) is 112 cm³/mol. The van der Waals surface area contributed by atoms with Crippen LogP contribution in [0.2, 0.25) is 0 Å². The summed E-state index contributed by atoms with van der Waals surface area (Å²) in [6.45, 7) is 6.96. The Hall–Kier alpha value is -2.38. The lowest BCUT2D eigenvalue weighted by molar-refractivity contribution is 0.0727. The SMILES string of the molecule is CCc1ccccc1OCCN(C)CC1COCCN(C(=O)c2cn(C)cn2)C1. The van der Waals surface area contributed by atoms with Crippen molar-refractivity contribution in [2.24, 2.45) is 13.0 Å². The number of ether oxygens (including phenoxy) is 2. The third-order valence-corrected chi connectivity index (χ3v) is 5.20. The first-order valence-corrected chi connectivity index (χ1v) is 10.3. The molecule has 0 spiro atoms. The molecule has 29 heavy (non-hydrogen) atoms. The Balaban J connectivity index is 1.48. The molecule has 0 aliphatic carbocycles. The molecule has 7 nitrogen and oxygen atoms in total. The summed E-state index contributed by atoms with van der Waals surface area (Å²) in [5.74, 6) is 1.20. The second-order valence-electron chi connectivity index (χ2n) is 7.69. The third kappa shape index (κ3) is 6.05. The Labute approximate surface area is 173 Å². The number of likely N-dealkylation sites (N-methyl/N-ethyl adjacent to an activating group) is 1. The van der Waals surface area contributed by atoms with Crippen molar-refractivity contribution in [2.75, 3.05) is 53.0 Å². The number of nitrogens with zero attached hydrogens (tertiary/aromatic N) is 4. The van der Waals surface area contributed by atoms with Crippen LogP contribution < -0.4 is 4.74 Å². The number of aromatic nitrogens is 2. The normalized spacial score (nSPS) is 17.4. The molecule has 0 saturated carbocycles. The molecule has 0 radical (unpaired) electrons. The van der Waals surface area contributed by atoms with Crippen LogP contribution in [0.25, 0.3) is 0 Å². The van der Waals surface area contributed by atoms with E-state index in [-0.39, 0.29) is 11.8 Å². The molecule has 1 aromatic heterocycles. The summed E-state index contributed by atoms with van der Waals surface area (Å²) in [6, 6.07) is 8.18. The minimum Gasteiger partial charge on any atom is -0.492 e. The van der Waals surface area contributed by atoms with E-state index in [9.17, 15) is 4.79 Å². The fourth-order valence-electron chi connectivity index (χ4n) is 3.64. The van der Waals surface area contributed by atoms with Gasteiger partial charge in [0, 0.05) is 45.3 Å². The number of para-hydroxylation sites is 1. The van der Waals surface area contributed by atoms with Crippen LogP contribution in [0.3, 0.4) is 0 Å². The van der Waals surface area contributed by atoms with Gasteiger partial charge in [0.15, 0.2) is 0 Å². The number of imidazole rings is 1. The van der Waals surface area contributed by atoms with Crippen LogP contribution >= 0.6 is 0 Å². The van der Waals surface area contributed by atoms with Crippen LogP contribution in [0.15, 0.2) is 36.8 Å². The number of benzene rings is 1. The first-order valence-electron chi connectivity index (χ1n) is 10.3. The molecule has 1 aliphatic heterocycles. The van der Waals surface area contributed by atoms with Gasteiger partial charge in [-0.25, -0.2) is 4.98 Å². The molecule has 1 unspecified atom stereocenters. The molecule has 1 atom stereocenters. The smallest absolute Gasteiger partial charge is 0.274 e. The van der Waals surface area contributed by atoms with E-state index in [1.54, 1.807) is 17.1 Å². The second kappa shape index (κ2) is 10.4. The predicted octanol–water partition coefficient (Wildman–Crippen LogP) is 2.08. The Morgan fingerprint density at radius 2 is 2.21 bits per heavy atom. The maximum atomic E-state index is 12.7. The Morgan fingerprint density at radius 1 is 1.38 bits per heavy atom. The second-order valence-corrected chi connectivity index (χ2v) is 7.69. The highest BCUT2D eigenvalue weighted by atomic mass is 16.5. The standard InChI is InChI=1S/C22H32N4O3/c1-4-19-7-5-6-8-21(19)29-12-9-24(2)13-18-14-26(10-11-28-16-18)22(27)20-15-25(3)17-23-20/h5-8,15,17-18H,4,9-14,16H2,1-3H3. The van der Waals surface area contributed by atoms with Crippen molar-refractivity contribution in [3.8, 4) is 5.75 Å². The molecule has 0 N–H and O–H groups in total. The van der Waals surface area contributed by atoms with Gasteiger partial charge in [-0.05, 0) is 25.1 Å². The fraction of sp³-hybridized carbons (Fsp3) is 0.545. The zero-order valence-corrected chi connectivity index (χ0v) is 17.7. The van der Waals surface area contributed by atoms with Gasteiger partial charge in [-0.15, -0.1) is 0 Å². The van der Waals surface area contributed by atoms with Crippen molar-refractivity contribution in [1.29, 1.82) is 0 Å². The lowest BCUT2D eigenvalue weighted by atomic mass is 10.1. The molecule has 0 bridgehead atoms. The van der Waals surface area contributed by atoms with E-state index in [0.29, 0.717) is 38.6 Å². The largest absolute Gasteiger partial charge is 0.492 e. The van der Waals surface area contributed by atoms with E-state index < -0.39 is 0 Å². The van der Waals surface area contributed by atoms with Crippen molar-refractivity contribution >= 4 is 5.91 Å². The van der Waals surface area contributed by atoms with Crippen LogP contribution in [0.1, 0.15) is 23.0 Å². The Morgan fingerprint density at radius 3 is 2.97 bits per heavy atom. The van der Waals surface area contributed by atoms with E-state index in [4.69, 9.17) is 9.47 Å². The molecule has 2 aromatic rings. The van der Waals surface area contributed by atoms with Gasteiger partial charge in [0.2, 0.25) is 0 Å². The summed E-state index contributed by atoms with van der Waals surface area (Å²) in [5, 5.41) is 0. The van der Waals surface area contributed by atoms with Gasteiger partial charge in [0.25, 0.3) is 5.91 Å². The molecular formula is C22H32N4O3. The maximum absolute atomic E-state index is 12.7. The van der Waals surface area contributed by atoms with Gasteiger partial charge in [-0.1, -0.05) is 25.1 Å². The van der Waals surface area contributed by atoms with Crippen molar-refractivity contribution in [2.45, 2.75) is 13.3 Å². The summed E-state index contributed by atoms with van der Waals surface area (Å²) >= 11 is 0. The minimum atomic E-state index is -0.0248. The third-order valence-electron chi connectivity index (χ3n) is 5.20. The molecule has 1 amide bonds. The number of carbonyl (C=O) groups excluding carboxylic acids is 1. The van der Waals surface area contributed by atoms with Gasteiger partial charge >= 0.3 is 0 Å². The van der Waals surface area contributed by atoms with Crippen LogP contribution in [-0.2, 0) is 18.2 Å². The lowest BCUT2D eigenvalue weighted by Gasteiger charge is -2.26. The zero-order chi connectivity index (χ0) is 20.6. The number of hydrogen-bond acceptors (Lipinski definition) is 5. The summed E-state index contributed by atoms with van der Waals surface area (Å²) in [4.78, 5) is 21.1. The highest BCUT2D eigenvalue weighted by Gasteiger charge is 2.25. The zero-order valence-electron chi connectivity index (χ0n) is 17.7. The average Bonchev–Trinajstić information content (AvgIpc) is 3.02. The van der Waals surface area contributed by atoms with Gasteiger partial charge in [-0.3, -0.25) is 4.79 Å². The molecule has 3 rings (SSSR count). The quantitative estimate of drug-likeness (QED) is 0.679. The lowest BCUT2D eigenvalue weighted by Crippen LogP contribution is -2.40. The number of aryl methyl sites for hydroxylation is 2. The molecule has 1 aliphatic rings.